The molecule has 5 nitrogen and oxygen atoms in total. The van der Waals surface area contributed by atoms with Crippen LogP contribution in [0.5, 0.6) is 0 Å². The minimum Gasteiger partial charge on any atom is -0.396 e. The van der Waals surface area contributed by atoms with Crippen LogP contribution in [0.4, 0.5) is 15.8 Å². The SMILES string of the molecule is Nc1cc(NC(=O)CCn2cc(Br)ccc2=O)ccc1F. The minimum atomic E-state index is -0.534. The van der Waals surface area contributed by atoms with E-state index in [1.807, 2.05) is 0 Å². The molecule has 0 atom stereocenters. The van der Waals surface area contributed by atoms with E-state index in [1.54, 1.807) is 12.3 Å². The third kappa shape index (κ3) is 4.16. The fraction of sp³-hybridized carbons (Fsp3) is 0.143. The number of carbonyl (C=O) groups excluding carboxylic acids is 1. The third-order valence-electron chi connectivity index (χ3n) is 2.81. The Morgan fingerprint density at radius 1 is 1.33 bits per heavy atom. The van der Waals surface area contributed by atoms with Gasteiger partial charge in [0, 0.05) is 35.4 Å². The predicted octanol–water partition coefficient (Wildman–Crippen LogP) is 2.36. The summed E-state index contributed by atoms with van der Waals surface area (Å²) in [4.78, 5) is 23.4. The molecular formula is C14H13BrFN3O2. The van der Waals surface area contributed by atoms with Crippen molar-refractivity contribution < 1.29 is 9.18 Å². The van der Waals surface area contributed by atoms with Gasteiger partial charge in [-0.2, -0.15) is 0 Å². The Morgan fingerprint density at radius 2 is 2.10 bits per heavy atom. The smallest absolute Gasteiger partial charge is 0.250 e. The van der Waals surface area contributed by atoms with Gasteiger partial charge in [0.1, 0.15) is 5.82 Å². The van der Waals surface area contributed by atoms with E-state index in [9.17, 15) is 14.0 Å². The van der Waals surface area contributed by atoms with Gasteiger partial charge in [0.15, 0.2) is 0 Å². The molecule has 1 aromatic carbocycles. The van der Waals surface area contributed by atoms with Crippen molar-refractivity contribution in [2.75, 3.05) is 11.1 Å². The molecular weight excluding hydrogens is 341 g/mol. The van der Waals surface area contributed by atoms with E-state index in [1.165, 1.54) is 28.8 Å². The van der Waals surface area contributed by atoms with Crippen molar-refractivity contribution in [3.05, 3.63) is 57.2 Å². The molecule has 0 spiro atoms. The number of hydrogen-bond acceptors (Lipinski definition) is 3. The summed E-state index contributed by atoms with van der Waals surface area (Å²) in [5.74, 6) is -0.818. The van der Waals surface area contributed by atoms with Crippen molar-refractivity contribution >= 4 is 33.2 Å². The number of nitrogens with one attached hydrogen (secondary N) is 1. The zero-order valence-electron chi connectivity index (χ0n) is 11.0. The maximum atomic E-state index is 13.0. The van der Waals surface area contributed by atoms with Crippen LogP contribution in [0.1, 0.15) is 6.42 Å². The number of halogens is 2. The summed E-state index contributed by atoms with van der Waals surface area (Å²) in [5.41, 5.74) is 5.62. The second kappa shape index (κ2) is 6.53. The van der Waals surface area contributed by atoms with E-state index in [4.69, 9.17) is 5.73 Å². The van der Waals surface area contributed by atoms with Crippen molar-refractivity contribution in [2.24, 2.45) is 0 Å². The Bertz CT molecular complexity index is 730. The van der Waals surface area contributed by atoms with Crippen LogP contribution in [0.3, 0.4) is 0 Å². The number of anilines is 2. The van der Waals surface area contributed by atoms with Gasteiger partial charge < -0.3 is 15.6 Å². The Morgan fingerprint density at radius 3 is 2.81 bits per heavy atom. The number of nitrogens with two attached hydrogens (primary N) is 1. The van der Waals surface area contributed by atoms with Crippen molar-refractivity contribution in [3.63, 3.8) is 0 Å². The molecule has 21 heavy (non-hydrogen) atoms. The number of aromatic nitrogens is 1. The molecule has 0 saturated carbocycles. The number of benzene rings is 1. The van der Waals surface area contributed by atoms with Crippen LogP contribution in [0.2, 0.25) is 0 Å². The zero-order valence-corrected chi connectivity index (χ0v) is 12.6. The molecule has 1 aromatic heterocycles. The minimum absolute atomic E-state index is 0.0315. The summed E-state index contributed by atoms with van der Waals surface area (Å²) in [7, 11) is 0. The van der Waals surface area contributed by atoms with Gasteiger partial charge in [-0.15, -0.1) is 0 Å². The Hall–Kier alpha value is -2.15. The molecule has 2 aromatic rings. The van der Waals surface area contributed by atoms with Crippen LogP contribution in [0, 0.1) is 5.82 Å². The highest BCUT2D eigenvalue weighted by Crippen LogP contribution is 2.16. The van der Waals surface area contributed by atoms with Gasteiger partial charge in [-0.3, -0.25) is 9.59 Å². The number of aryl methyl sites for hydroxylation is 1. The highest BCUT2D eigenvalue weighted by atomic mass is 79.9. The molecule has 110 valence electrons. The van der Waals surface area contributed by atoms with E-state index >= 15 is 0 Å². The fourth-order valence-electron chi connectivity index (χ4n) is 1.74. The third-order valence-corrected chi connectivity index (χ3v) is 3.28. The Balaban J connectivity index is 1.97. The fourth-order valence-corrected chi connectivity index (χ4v) is 2.12. The molecule has 1 amide bonds. The van der Waals surface area contributed by atoms with Crippen LogP contribution < -0.4 is 16.6 Å². The van der Waals surface area contributed by atoms with Gasteiger partial charge in [0.05, 0.1) is 5.69 Å². The first-order chi connectivity index (χ1) is 9.95. The van der Waals surface area contributed by atoms with Crippen molar-refractivity contribution in [1.82, 2.24) is 4.57 Å². The van der Waals surface area contributed by atoms with E-state index in [2.05, 4.69) is 21.2 Å². The summed E-state index contributed by atoms with van der Waals surface area (Å²) >= 11 is 3.26. The Kier molecular flexibility index (Phi) is 4.74. The van der Waals surface area contributed by atoms with Gasteiger partial charge >= 0.3 is 0 Å². The van der Waals surface area contributed by atoms with Gasteiger partial charge in [-0.05, 0) is 40.2 Å². The summed E-state index contributed by atoms with van der Waals surface area (Å²) < 4.78 is 15.2. The topological polar surface area (TPSA) is 77.1 Å². The molecule has 0 saturated heterocycles. The highest BCUT2D eigenvalue weighted by molar-refractivity contribution is 9.10. The van der Waals surface area contributed by atoms with E-state index in [0.717, 1.165) is 4.47 Å². The second-order valence-corrected chi connectivity index (χ2v) is 5.33. The van der Waals surface area contributed by atoms with Crippen molar-refractivity contribution in [3.8, 4) is 0 Å². The lowest BCUT2D eigenvalue weighted by atomic mass is 10.2. The number of nitrogens with zero attached hydrogens (tertiary/aromatic N) is 1. The molecule has 0 unspecified atom stereocenters. The summed E-state index contributed by atoms with van der Waals surface area (Å²) in [5, 5.41) is 2.60. The maximum absolute atomic E-state index is 13.0. The molecule has 0 aliphatic carbocycles. The first-order valence-electron chi connectivity index (χ1n) is 6.16. The molecule has 7 heteroatoms. The van der Waals surface area contributed by atoms with Crippen LogP contribution in [0.15, 0.2) is 45.8 Å². The first kappa shape index (κ1) is 15.2. The average molecular weight is 354 g/mol. The van der Waals surface area contributed by atoms with Crippen molar-refractivity contribution in [2.45, 2.75) is 13.0 Å². The first-order valence-corrected chi connectivity index (χ1v) is 6.96. The number of nitrogen functional groups attached to an aromatic ring is 1. The second-order valence-electron chi connectivity index (χ2n) is 4.41. The van der Waals surface area contributed by atoms with E-state index < -0.39 is 5.82 Å². The number of carbonyl (C=O) groups is 1. The molecule has 3 N–H and O–H groups in total. The quantitative estimate of drug-likeness (QED) is 0.828. The lowest BCUT2D eigenvalue weighted by Gasteiger charge is -2.08. The van der Waals surface area contributed by atoms with Gasteiger partial charge in [-0.25, -0.2) is 4.39 Å². The van der Waals surface area contributed by atoms with Gasteiger partial charge in [-0.1, -0.05) is 0 Å². The number of rotatable bonds is 4. The molecule has 0 fully saturated rings. The number of hydrogen-bond donors (Lipinski definition) is 2. The normalized spacial score (nSPS) is 10.4. The van der Waals surface area contributed by atoms with Crippen LogP contribution >= 0.6 is 15.9 Å². The lowest BCUT2D eigenvalue weighted by Crippen LogP contribution is -2.22. The molecule has 0 aliphatic rings. The molecule has 0 radical (unpaired) electrons. The molecule has 2 rings (SSSR count). The van der Waals surface area contributed by atoms with E-state index in [0.29, 0.717) is 5.69 Å². The molecule has 0 bridgehead atoms. The zero-order chi connectivity index (χ0) is 15.4. The largest absolute Gasteiger partial charge is 0.396 e. The van der Waals surface area contributed by atoms with Crippen molar-refractivity contribution in [1.29, 1.82) is 0 Å². The van der Waals surface area contributed by atoms with Crippen LogP contribution in [0.25, 0.3) is 0 Å². The van der Waals surface area contributed by atoms with E-state index in [-0.39, 0.29) is 30.1 Å². The lowest BCUT2D eigenvalue weighted by molar-refractivity contribution is -0.116. The monoisotopic (exact) mass is 353 g/mol. The highest BCUT2D eigenvalue weighted by Gasteiger charge is 2.06. The number of pyridine rings is 1. The molecule has 1 heterocycles. The van der Waals surface area contributed by atoms with Crippen LogP contribution in [-0.4, -0.2) is 10.5 Å². The number of amides is 1. The average Bonchev–Trinajstić information content (AvgIpc) is 2.44. The summed E-state index contributed by atoms with van der Waals surface area (Å²) in [6, 6.07) is 7.01. The molecule has 0 aliphatic heterocycles. The Labute approximate surface area is 128 Å². The van der Waals surface area contributed by atoms with Gasteiger partial charge in [0.25, 0.3) is 5.56 Å². The summed E-state index contributed by atoms with van der Waals surface area (Å²) in [6.07, 6.45) is 1.74. The van der Waals surface area contributed by atoms with Gasteiger partial charge in [0.2, 0.25) is 5.91 Å². The standard InChI is InChI=1S/C14H13BrFN3O2/c15-9-1-4-14(21)19(8-9)6-5-13(20)18-10-2-3-11(16)12(17)7-10/h1-4,7-8H,5-6,17H2,(H,18,20). The predicted molar refractivity (Wildman–Crippen MR) is 82.5 cm³/mol. The van der Waals surface area contributed by atoms with Crippen LogP contribution in [-0.2, 0) is 11.3 Å². The maximum Gasteiger partial charge on any atom is 0.250 e. The summed E-state index contributed by atoms with van der Waals surface area (Å²) in [6.45, 7) is 0.251.